The third-order valence-electron chi connectivity index (χ3n) is 3.07. The van der Waals surface area contributed by atoms with E-state index in [2.05, 4.69) is 15.5 Å². The number of aliphatic hydroxyl groups is 1. The van der Waals surface area contributed by atoms with Gasteiger partial charge in [0.05, 0.1) is 12.8 Å². The molecule has 0 saturated carbocycles. The molecule has 0 spiro atoms. The van der Waals surface area contributed by atoms with E-state index in [9.17, 15) is 9.90 Å². The number of amides is 1. The number of hydrogen-bond acceptors (Lipinski definition) is 6. The lowest BCUT2D eigenvalue weighted by Crippen LogP contribution is -2.28. The maximum absolute atomic E-state index is 11.8. The fourth-order valence-electron chi connectivity index (χ4n) is 1.76. The van der Waals surface area contributed by atoms with Crippen LogP contribution >= 0.6 is 0 Å². The summed E-state index contributed by atoms with van der Waals surface area (Å²) in [6, 6.07) is 3.34. The summed E-state index contributed by atoms with van der Waals surface area (Å²) < 4.78 is 10.2. The standard InChI is InChI=1S/C15H21N3O4/c1-15(2,3)14-17-13(22-18-14)7-6-12(20)16-9-10(19)11-5-4-8-21-11/h4-5,8,10,19H,6-7,9H2,1-3H3,(H,16,20). The highest BCUT2D eigenvalue weighted by Crippen LogP contribution is 2.18. The smallest absolute Gasteiger partial charge is 0.227 e. The molecule has 1 unspecified atom stereocenters. The Bertz CT molecular complexity index is 599. The summed E-state index contributed by atoms with van der Waals surface area (Å²) in [5.41, 5.74) is -0.183. The first kappa shape index (κ1) is 16.2. The van der Waals surface area contributed by atoms with E-state index in [-0.39, 0.29) is 24.3 Å². The molecule has 0 bridgehead atoms. The number of carbonyl (C=O) groups is 1. The van der Waals surface area contributed by atoms with Crippen LogP contribution in [-0.4, -0.2) is 27.7 Å². The number of aliphatic hydroxyl groups excluding tert-OH is 1. The molecule has 2 aromatic heterocycles. The molecular weight excluding hydrogens is 286 g/mol. The topological polar surface area (TPSA) is 101 Å². The lowest BCUT2D eigenvalue weighted by atomic mass is 9.96. The molecule has 2 aromatic rings. The number of aryl methyl sites for hydroxylation is 1. The zero-order valence-corrected chi connectivity index (χ0v) is 13.0. The van der Waals surface area contributed by atoms with Crippen molar-refractivity contribution in [3.8, 4) is 0 Å². The van der Waals surface area contributed by atoms with Gasteiger partial charge in [0.15, 0.2) is 5.82 Å². The summed E-state index contributed by atoms with van der Waals surface area (Å²) >= 11 is 0. The van der Waals surface area contributed by atoms with Gasteiger partial charge in [-0.05, 0) is 12.1 Å². The van der Waals surface area contributed by atoms with Gasteiger partial charge in [-0.3, -0.25) is 4.79 Å². The first-order valence-corrected chi connectivity index (χ1v) is 7.17. The van der Waals surface area contributed by atoms with Gasteiger partial charge in [0.25, 0.3) is 0 Å². The van der Waals surface area contributed by atoms with Crippen LogP contribution in [0.2, 0.25) is 0 Å². The number of nitrogens with one attached hydrogen (secondary N) is 1. The lowest BCUT2D eigenvalue weighted by Gasteiger charge is -2.10. The molecule has 7 nitrogen and oxygen atoms in total. The van der Waals surface area contributed by atoms with E-state index < -0.39 is 6.10 Å². The number of rotatable bonds is 6. The largest absolute Gasteiger partial charge is 0.467 e. The number of furan rings is 1. The van der Waals surface area contributed by atoms with Gasteiger partial charge >= 0.3 is 0 Å². The van der Waals surface area contributed by atoms with Gasteiger partial charge in [0.2, 0.25) is 11.8 Å². The molecular formula is C15H21N3O4. The first-order valence-electron chi connectivity index (χ1n) is 7.17. The van der Waals surface area contributed by atoms with E-state index >= 15 is 0 Å². The van der Waals surface area contributed by atoms with Crippen molar-refractivity contribution in [1.82, 2.24) is 15.5 Å². The van der Waals surface area contributed by atoms with Crippen molar-refractivity contribution in [3.63, 3.8) is 0 Å². The summed E-state index contributed by atoms with van der Waals surface area (Å²) in [6.45, 7) is 6.07. The fraction of sp³-hybridized carbons (Fsp3) is 0.533. The second-order valence-electron chi connectivity index (χ2n) is 6.10. The molecule has 22 heavy (non-hydrogen) atoms. The van der Waals surface area contributed by atoms with Crippen LogP contribution < -0.4 is 5.32 Å². The molecule has 7 heteroatoms. The predicted octanol–water partition coefficient (Wildman–Crippen LogP) is 1.74. The highest BCUT2D eigenvalue weighted by Gasteiger charge is 2.21. The minimum atomic E-state index is -0.852. The summed E-state index contributed by atoms with van der Waals surface area (Å²) in [6.07, 6.45) is 1.21. The van der Waals surface area contributed by atoms with E-state index in [0.29, 0.717) is 23.9 Å². The van der Waals surface area contributed by atoms with E-state index in [0.717, 1.165) is 0 Å². The Labute approximate surface area is 128 Å². The molecule has 2 N–H and O–H groups in total. The molecule has 2 heterocycles. The van der Waals surface area contributed by atoms with Crippen molar-refractivity contribution in [3.05, 3.63) is 35.9 Å². The maximum atomic E-state index is 11.8. The Hall–Kier alpha value is -2.15. The van der Waals surface area contributed by atoms with Crippen LogP contribution in [-0.2, 0) is 16.6 Å². The van der Waals surface area contributed by atoms with Crippen LogP contribution in [0.1, 0.15) is 50.8 Å². The number of carbonyl (C=O) groups excluding carboxylic acids is 1. The van der Waals surface area contributed by atoms with Gasteiger partial charge in [-0.1, -0.05) is 25.9 Å². The molecule has 2 rings (SSSR count). The minimum absolute atomic E-state index is 0.101. The Morgan fingerprint density at radius 1 is 1.45 bits per heavy atom. The zero-order chi connectivity index (χ0) is 16.2. The Kier molecular flexibility index (Phi) is 4.97. The summed E-state index contributed by atoms with van der Waals surface area (Å²) in [5.74, 6) is 1.29. The van der Waals surface area contributed by atoms with Gasteiger partial charge in [-0.25, -0.2) is 0 Å². The predicted molar refractivity (Wildman–Crippen MR) is 78.0 cm³/mol. The second-order valence-corrected chi connectivity index (χ2v) is 6.10. The highest BCUT2D eigenvalue weighted by molar-refractivity contribution is 5.76. The molecule has 120 valence electrons. The van der Waals surface area contributed by atoms with Crippen LogP contribution in [0.4, 0.5) is 0 Å². The van der Waals surface area contributed by atoms with Crippen molar-refractivity contribution in [2.45, 2.75) is 45.1 Å². The Balaban J connectivity index is 1.75. The lowest BCUT2D eigenvalue weighted by molar-refractivity contribution is -0.121. The molecule has 0 aromatic carbocycles. The fourth-order valence-corrected chi connectivity index (χ4v) is 1.76. The molecule has 1 amide bonds. The highest BCUT2D eigenvalue weighted by atomic mass is 16.5. The van der Waals surface area contributed by atoms with Crippen LogP contribution in [0.25, 0.3) is 0 Å². The van der Waals surface area contributed by atoms with E-state index in [4.69, 9.17) is 8.94 Å². The van der Waals surface area contributed by atoms with Crippen molar-refractivity contribution in [2.75, 3.05) is 6.54 Å². The van der Waals surface area contributed by atoms with Gasteiger partial charge in [0.1, 0.15) is 11.9 Å². The van der Waals surface area contributed by atoms with Crippen molar-refractivity contribution >= 4 is 5.91 Å². The molecule has 0 aliphatic heterocycles. The average Bonchev–Trinajstić information content (AvgIpc) is 3.12. The van der Waals surface area contributed by atoms with Gasteiger partial charge in [-0.2, -0.15) is 4.98 Å². The van der Waals surface area contributed by atoms with Gasteiger partial charge < -0.3 is 19.4 Å². The number of nitrogens with zero attached hydrogens (tertiary/aromatic N) is 2. The molecule has 0 radical (unpaired) electrons. The van der Waals surface area contributed by atoms with E-state index in [1.807, 2.05) is 20.8 Å². The third kappa shape index (κ3) is 4.42. The van der Waals surface area contributed by atoms with Crippen molar-refractivity contribution in [1.29, 1.82) is 0 Å². The molecule has 1 atom stereocenters. The minimum Gasteiger partial charge on any atom is -0.467 e. The Morgan fingerprint density at radius 3 is 2.82 bits per heavy atom. The zero-order valence-electron chi connectivity index (χ0n) is 13.0. The van der Waals surface area contributed by atoms with E-state index in [1.165, 1.54) is 6.26 Å². The normalized spacial score (nSPS) is 13.1. The monoisotopic (exact) mass is 307 g/mol. The second kappa shape index (κ2) is 6.74. The summed E-state index contributed by atoms with van der Waals surface area (Å²) in [4.78, 5) is 16.0. The maximum Gasteiger partial charge on any atom is 0.227 e. The molecule has 0 fully saturated rings. The van der Waals surface area contributed by atoms with Crippen molar-refractivity contribution < 1.29 is 18.8 Å². The van der Waals surface area contributed by atoms with Gasteiger partial charge in [0, 0.05) is 18.3 Å². The molecule has 0 aliphatic rings. The molecule has 0 saturated heterocycles. The van der Waals surface area contributed by atoms with Crippen molar-refractivity contribution in [2.24, 2.45) is 0 Å². The third-order valence-corrected chi connectivity index (χ3v) is 3.07. The summed E-state index contributed by atoms with van der Waals surface area (Å²) in [7, 11) is 0. The van der Waals surface area contributed by atoms with Gasteiger partial charge in [-0.15, -0.1) is 0 Å². The van der Waals surface area contributed by atoms with Crippen LogP contribution in [0.3, 0.4) is 0 Å². The van der Waals surface area contributed by atoms with Crippen LogP contribution in [0, 0.1) is 0 Å². The van der Waals surface area contributed by atoms with Crippen LogP contribution in [0.5, 0.6) is 0 Å². The van der Waals surface area contributed by atoms with Crippen LogP contribution in [0.15, 0.2) is 27.3 Å². The summed E-state index contributed by atoms with van der Waals surface area (Å²) in [5, 5.41) is 16.3. The van der Waals surface area contributed by atoms with E-state index in [1.54, 1.807) is 12.1 Å². The Morgan fingerprint density at radius 2 is 2.23 bits per heavy atom. The molecule has 0 aliphatic carbocycles. The SMILES string of the molecule is CC(C)(C)c1noc(CCC(=O)NCC(O)c2ccco2)n1. The quantitative estimate of drug-likeness (QED) is 0.843. The number of aromatic nitrogens is 2. The first-order chi connectivity index (χ1) is 10.4. The average molecular weight is 307 g/mol. The number of hydrogen-bond donors (Lipinski definition) is 2.